The van der Waals surface area contributed by atoms with E-state index in [2.05, 4.69) is 17.9 Å². The van der Waals surface area contributed by atoms with Crippen molar-refractivity contribution in [1.29, 1.82) is 0 Å². The molecule has 1 atom stereocenters. The highest BCUT2D eigenvalue weighted by atomic mass is 16.6. The summed E-state index contributed by atoms with van der Waals surface area (Å²) in [5.41, 5.74) is 0.157. The van der Waals surface area contributed by atoms with Gasteiger partial charge in [-0.3, -0.25) is 0 Å². The Balaban J connectivity index is 0.000000252. The fourth-order valence-corrected chi connectivity index (χ4v) is 0.387. The molecule has 0 bridgehead atoms. The number of ether oxygens (including phenoxy) is 1. The lowest BCUT2D eigenvalue weighted by molar-refractivity contribution is -0.133. The Morgan fingerprint density at radius 2 is 1.85 bits per heavy atom. The molecular formula is C8H10O5. The van der Waals surface area contributed by atoms with Crippen LogP contribution >= 0.6 is 0 Å². The molecular weight excluding hydrogens is 176 g/mol. The van der Waals surface area contributed by atoms with E-state index in [0.717, 1.165) is 6.08 Å². The summed E-state index contributed by atoms with van der Waals surface area (Å²) in [4.78, 5) is 19.3. The number of rotatable bonds is 3. The normalized spacial score (nSPS) is 17.7. The van der Waals surface area contributed by atoms with Gasteiger partial charge in [-0.2, -0.15) is 0 Å². The van der Waals surface area contributed by atoms with Gasteiger partial charge in [-0.05, 0) is 0 Å². The minimum Gasteiger partial charge on any atom is -0.478 e. The molecule has 0 saturated carbocycles. The minimum absolute atomic E-state index is 0.157. The summed E-state index contributed by atoms with van der Waals surface area (Å²) < 4.78 is 4.65. The summed E-state index contributed by atoms with van der Waals surface area (Å²) in [6.45, 7) is 6.77. The molecule has 1 aliphatic heterocycles. The summed E-state index contributed by atoms with van der Waals surface area (Å²) in [6, 6.07) is 0. The van der Waals surface area contributed by atoms with Crippen molar-refractivity contribution in [1.82, 2.24) is 0 Å². The van der Waals surface area contributed by atoms with E-state index >= 15 is 0 Å². The molecule has 1 fully saturated rings. The Kier molecular flexibility index (Phi) is 4.47. The van der Waals surface area contributed by atoms with Crippen molar-refractivity contribution >= 4 is 11.9 Å². The molecule has 1 aliphatic rings. The highest BCUT2D eigenvalue weighted by Gasteiger charge is 2.29. The van der Waals surface area contributed by atoms with Gasteiger partial charge in [-0.25, -0.2) is 9.59 Å². The second-order valence-electron chi connectivity index (χ2n) is 2.19. The summed E-state index contributed by atoms with van der Waals surface area (Å²) in [6.07, 6.45) is 0.632. The van der Waals surface area contributed by atoms with Gasteiger partial charge >= 0.3 is 11.9 Å². The average Bonchev–Trinajstić information content (AvgIpc) is 2.86. The van der Waals surface area contributed by atoms with Gasteiger partial charge in [0.25, 0.3) is 0 Å². The van der Waals surface area contributed by atoms with E-state index in [1.807, 2.05) is 0 Å². The van der Waals surface area contributed by atoms with Crippen LogP contribution in [0.2, 0.25) is 0 Å². The molecule has 0 aliphatic carbocycles. The number of hydrogen-bond donors (Lipinski definition) is 2. The predicted molar refractivity (Wildman–Crippen MR) is 44.3 cm³/mol. The Morgan fingerprint density at radius 3 is 1.92 bits per heavy atom. The molecule has 1 rings (SSSR count). The van der Waals surface area contributed by atoms with E-state index in [0.29, 0.717) is 6.61 Å². The topological polar surface area (TPSA) is 87.1 Å². The third kappa shape index (κ3) is 5.63. The van der Waals surface area contributed by atoms with Crippen LogP contribution in [0.25, 0.3) is 0 Å². The van der Waals surface area contributed by atoms with E-state index in [1.165, 1.54) is 0 Å². The van der Waals surface area contributed by atoms with E-state index in [9.17, 15) is 9.59 Å². The van der Waals surface area contributed by atoms with E-state index in [1.54, 1.807) is 0 Å². The number of carboxylic acid groups (broad SMARTS) is 2. The Morgan fingerprint density at radius 1 is 1.46 bits per heavy atom. The van der Waals surface area contributed by atoms with Crippen LogP contribution in [0.1, 0.15) is 0 Å². The molecule has 2 N–H and O–H groups in total. The number of carboxylic acids is 2. The number of hydrogen-bond acceptors (Lipinski definition) is 3. The number of carbonyl (C=O) groups is 2. The maximum atomic E-state index is 10.0. The zero-order valence-electron chi connectivity index (χ0n) is 6.90. The molecule has 1 saturated heterocycles. The van der Waals surface area contributed by atoms with Crippen molar-refractivity contribution in [3.8, 4) is 0 Å². The van der Waals surface area contributed by atoms with Crippen LogP contribution in [0.5, 0.6) is 0 Å². The maximum absolute atomic E-state index is 10.0. The first-order valence-corrected chi connectivity index (χ1v) is 3.38. The van der Waals surface area contributed by atoms with Crippen LogP contribution in [0.15, 0.2) is 24.8 Å². The van der Waals surface area contributed by atoms with Crippen LogP contribution < -0.4 is 0 Å². The first-order valence-electron chi connectivity index (χ1n) is 3.38. The van der Waals surface area contributed by atoms with Gasteiger partial charge in [-0.15, -0.1) is 0 Å². The van der Waals surface area contributed by atoms with Crippen molar-refractivity contribution in [2.75, 3.05) is 6.61 Å². The highest BCUT2D eigenvalue weighted by molar-refractivity contribution is 5.87. The van der Waals surface area contributed by atoms with Crippen molar-refractivity contribution in [3.63, 3.8) is 0 Å². The summed E-state index contributed by atoms with van der Waals surface area (Å²) in [7, 11) is 0. The average molecular weight is 186 g/mol. The Hall–Kier alpha value is -1.62. The van der Waals surface area contributed by atoms with Crippen LogP contribution in [0, 0.1) is 0 Å². The Bertz CT molecular complexity index is 239. The monoisotopic (exact) mass is 186 g/mol. The van der Waals surface area contributed by atoms with Crippen molar-refractivity contribution in [2.45, 2.75) is 6.10 Å². The number of aliphatic carboxylic acids is 2. The lowest BCUT2D eigenvalue weighted by Crippen LogP contribution is -2.04. The molecule has 5 heteroatoms. The molecule has 0 spiro atoms. The zero-order valence-corrected chi connectivity index (χ0v) is 6.90. The minimum atomic E-state index is -0.981. The van der Waals surface area contributed by atoms with Crippen LogP contribution in [0.3, 0.4) is 0 Å². The third-order valence-corrected chi connectivity index (χ3v) is 1.17. The standard InChI is InChI=1S/C5H6O3.C3H4O2/c1-3(5(6)7)4-2-8-4;1-2-3(4)5/h4H,1-2H2,(H,6,7);2H,1H2,(H,4,5). The summed E-state index contributed by atoms with van der Waals surface area (Å²) in [5.74, 6) is -1.95. The summed E-state index contributed by atoms with van der Waals surface area (Å²) in [5, 5.41) is 15.8. The van der Waals surface area contributed by atoms with Gasteiger partial charge in [-0.1, -0.05) is 13.2 Å². The van der Waals surface area contributed by atoms with Crippen LogP contribution in [0.4, 0.5) is 0 Å². The lowest BCUT2D eigenvalue weighted by atomic mass is 10.2. The van der Waals surface area contributed by atoms with Crippen LogP contribution in [-0.4, -0.2) is 34.9 Å². The molecule has 1 unspecified atom stereocenters. The molecule has 13 heavy (non-hydrogen) atoms. The molecule has 5 nitrogen and oxygen atoms in total. The quantitative estimate of drug-likeness (QED) is 0.488. The van der Waals surface area contributed by atoms with Gasteiger partial charge in [0.1, 0.15) is 6.10 Å². The SMILES string of the molecule is C=C(C(=O)O)C1CO1.C=CC(=O)O. The molecule has 0 aromatic carbocycles. The smallest absolute Gasteiger partial charge is 0.333 e. The molecule has 72 valence electrons. The maximum Gasteiger partial charge on any atom is 0.333 e. The molecule has 0 aromatic heterocycles. The van der Waals surface area contributed by atoms with Crippen molar-refractivity contribution in [3.05, 3.63) is 24.8 Å². The second kappa shape index (κ2) is 5.10. The first-order chi connectivity index (χ1) is 5.99. The van der Waals surface area contributed by atoms with Crippen LogP contribution in [-0.2, 0) is 14.3 Å². The Labute approximate surface area is 74.9 Å². The fourth-order valence-electron chi connectivity index (χ4n) is 0.387. The molecule has 0 aromatic rings. The van der Waals surface area contributed by atoms with E-state index in [-0.39, 0.29) is 11.7 Å². The number of epoxide rings is 1. The molecule has 0 amide bonds. The lowest BCUT2D eigenvalue weighted by Gasteiger charge is -1.87. The predicted octanol–water partition coefficient (Wildman–Crippen LogP) is 0.283. The van der Waals surface area contributed by atoms with Crippen molar-refractivity contribution < 1.29 is 24.5 Å². The van der Waals surface area contributed by atoms with Gasteiger partial charge in [0, 0.05) is 6.08 Å². The fraction of sp³-hybridized carbons (Fsp3) is 0.250. The first kappa shape index (κ1) is 11.4. The van der Waals surface area contributed by atoms with Gasteiger partial charge in [0.05, 0.1) is 12.2 Å². The summed E-state index contributed by atoms with van der Waals surface area (Å²) >= 11 is 0. The second-order valence-corrected chi connectivity index (χ2v) is 2.19. The molecule has 0 radical (unpaired) electrons. The van der Waals surface area contributed by atoms with Gasteiger partial charge < -0.3 is 14.9 Å². The van der Waals surface area contributed by atoms with Gasteiger partial charge in [0.15, 0.2) is 0 Å². The van der Waals surface area contributed by atoms with Crippen molar-refractivity contribution in [2.24, 2.45) is 0 Å². The van der Waals surface area contributed by atoms with Gasteiger partial charge in [0.2, 0.25) is 0 Å². The highest BCUT2D eigenvalue weighted by Crippen LogP contribution is 2.17. The largest absolute Gasteiger partial charge is 0.478 e. The third-order valence-electron chi connectivity index (χ3n) is 1.17. The van der Waals surface area contributed by atoms with E-state index < -0.39 is 11.9 Å². The van der Waals surface area contributed by atoms with E-state index in [4.69, 9.17) is 10.2 Å². The zero-order chi connectivity index (χ0) is 10.4. The molecule has 1 heterocycles.